The molecule has 1 aliphatic heterocycles. The van der Waals surface area contributed by atoms with Gasteiger partial charge in [0.25, 0.3) is 0 Å². The third kappa shape index (κ3) is 2.13. The first-order valence-electron chi connectivity index (χ1n) is 6.00. The zero-order valence-corrected chi connectivity index (χ0v) is 10.4. The largest absolute Gasteiger partial charge is 0.328 e. The van der Waals surface area contributed by atoms with E-state index in [0.29, 0.717) is 13.1 Å². The SMILES string of the molecule is CCc1ccc(N2CC(CN)N(C)C2=O)cc1. The lowest BCUT2D eigenvalue weighted by atomic mass is 10.1. The standard InChI is InChI=1S/C13H19N3O/c1-3-10-4-6-11(7-5-10)16-9-12(8-14)15(2)13(16)17/h4-7,12H,3,8-9,14H2,1-2H3. The van der Waals surface area contributed by atoms with Crippen LogP contribution in [0.3, 0.4) is 0 Å². The second-order valence-electron chi connectivity index (χ2n) is 4.41. The molecule has 2 N–H and O–H groups in total. The Morgan fingerprint density at radius 1 is 1.35 bits per heavy atom. The van der Waals surface area contributed by atoms with Crippen LogP contribution >= 0.6 is 0 Å². The maximum atomic E-state index is 12.0. The number of nitrogens with zero attached hydrogens (tertiary/aromatic N) is 2. The third-order valence-electron chi connectivity index (χ3n) is 3.40. The van der Waals surface area contributed by atoms with Crippen molar-refractivity contribution in [2.45, 2.75) is 19.4 Å². The number of hydrogen-bond donors (Lipinski definition) is 1. The van der Waals surface area contributed by atoms with Crippen LogP contribution in [-0.4, -0.2) is 37.1 Å². The molecule has 2 amide bonds. The minimum absolute atomic E-state index is 0.0321. The Kier molecular flexibility index (Phi) is 3.33. The maximum Gasteiger partial charge on any atom is 0.324 e. The second kappa shape index (κ2) is 4.75. The van der Waals surface area contributed by atoms with Gasteiger partial charge in [-0.05, 0) is 24.1 Å². The second-order valence-corrected chi connectivity index (χ2v) is 4.41. The fraction of sp³-hybridized carbons (Fsp3) is 0.462. The number of nitrogens with two attached hydrogens (primary N) is 1. The average molecular weight is 233 g/mol. The van der Waals surface area contributed by atoms with Gasteiger partial charge in [0.2, 0.25) is 0 Å². The van der Waals surface area contributed by atoms with Crippen molar-refractivity contribution in [3.8, 4) is 0 Å². The molecular formula is C13H19N3O. The van der Waals surface area contributed by atoms with Crippen molar-refractivity contribution in [2.75, 3.05) is 25.0 Å². The summed E-state index contributed by atoms with van der Waals surface area (Å²) >= 11 is 0. The first-order chi connectivity index (χ1) is 8.17. The molecule has 0 radical (unpaired) electrons. The lowest BCUT2D eigenvalue weighted by Gasteiger charge is -2.16. The number of urea groups is 1. The topological polar surface area (TPSA) is 49.6 Å². The molecule has 4 nitrogen and oxygen atoms in total. The Bertz CT molecular complexity index is 402. The average Bonchev–Trinajstić information content (AvgIpc) is 2.66. The van der Waals surface area contributed by atoms with Gasteiger partial charge >= 0.3 is 6.03 Å². The number of likely N-dealkylation sites (N-methyl/N-ethyl adjacent to an activating group) is 1. The molecule has 0 bridgehead atoms. The molecule has 17 heavy (non-hydrogen) atoms. The molecule has 0 aromatic heterocycles. The van der Waals surface area contributed by atoms with Gasteiger partial charge in [0.1, 0.15) is 0 Å². The lowest BCUT2D eigenvalue weighted by molar-refractivity contribution is 0.219. The van der Waals surface area contributed by atoms with Crippen LogP contribution in [-0.2, 0) is 6.42 Å². The molecule has 1 aromatic carbocycles. The molecule has 0 spiro atoms. The van der Waals surface area contributed by atoms with Crippen molar-refractivity contribution < 1.29 is 4.79 Å². The predicted molar refractivity (Wildman–Crippen MR) is 69.2 cm³/mol. The fourth-order valence-corrected chi connectivity index (χ4v) is 2.12. The molecule has 2 rings (SSSR count). The van der Waals surface area contributed by atoms with E-state index in [1.54, 1.807) is 16.8 Å². The predicted octanol–water partition coefficient (Wildman–Crippen LogP) is 1.45. The number of hydrogen-bond acceptors (Lipinski definition) is 2. The van der Waals surface area contributed by atoms with Gasteiger partial charge in [0, 0.05) is 25.8 Å². The highest BCUT2D eigenvalue weighted by Crippen LogP contribution is 2.22. The van der Waals surface area contributed by atoms with E-state index in [4.69, 9.17) is 5.73 Å². The highest BCUT2D eigenvalue weighted by molar-refractivity contribution is 5.94. The summed E-state index contributed by atoms with van der Waals surface area (Å²) in [7, 11) is 1.81. The number of benzene rings is 1. The van der Waals surface area contributed by atoms with Crippen molar-refractivity contribution in [1.82, 2.24) is 4.90 Å². The van der Waals surface area contributed by atoms with Gasteiger partial charge in [-0.25, -0.2) is 4.79 Å². The van der Waals surface area contributed by atoms with Crippen LogP contribution in [0.4, 0.5) is 10.5 Å². The van der Waals surface area contributed by atoms with Crippen LogP contribution < -0.4 is 10.6 Å². The number of anilines is 1. The molecule has 1 heterocycles. The van der Waals surface area contributed by atoms with Crippen LogP contribution in [0.1, 0.15) is 12.5 Å². The molecule has 1 unspecified atom stereocenters. The highest BCUT2D eigenvalue weighted by Gasteiger charge is 2.34. The van der Waals surface area contributed by atoms with Crippen molar-refractivity contribution in [2.24, 2.45) is 5.73 Å². The number of carbonyl (C=O) groups excluding carboxylic acids is 1. The normalized spacial score (nSPS) is 20.2. The summed E-state index contributed by atoms with van der Waals surface area (Å²) in [6, 6.07) is 8.29. The molecule has 1 atom stereocenters. The quantitative estimate of drug-likeness (QED) is 0.859. The molecule has 1 saturated heterocycles. The number of amides is 2. The molecular weight excluding hydrogens is 214 g/mol. The van der Waals surface area contributed by atoms with Crippen LogP contribution in [0.15, 0.2) is 24.3 Å². The Hall–Kier alpha value is -1.55. The van der Waals surface area contributed by atoms with Crippen LogP contribution in [0.25, 0.3) is 0 Å². The number of rotatable bonds is 3. The van der Waals surface area contributed by atoms with Crippen LogP contribution in [0.5, 0.6) is 0 Å². The van der Waals surface area contributed by atoms with Gasteiger partial charge in [-0.15, -0.1) is 0 Å². The molecule has 92 valence electrons. The minimum Gasteiger partial charge on any atom is -0.328 e. The summed E-state index contributed by atoms with van der Waals surface area (Å²) in [6.07, 6.45) is 1.01. The smallest absolute Gasteiger partial charge is 0.324 e. The Morgan fingerprint density at radius 2 is 2.00 bits per heavy atom. The van der Waals surface area contributed by atoms with E-state index in [0.717, 1.165) is 12.1 Å². The van der Waals surface area contributed by atoms with Gasteiger partial charge in [-0.1, -0.05) is 19.1 Å². The Balaban J connectivity index is 2.20. The zero-order chi connectivity index (χ0) is 12.4. The van der Waals surface area contributed by atoms with Crippen molar-refractivity contribution in [1.29, 1.82) is 0 Å². The summed E-state index contributed by atoms with van der Waals surface area (Å²) in [4.78, 5) is 15.5. The fourth-order valence-electron chi connectivity index (χ4n) is 2.12. The van der Waals surface area contributed by atoms with Crippen molar-refractivity contribution >= 4 is 11.7 Å². The minimum atomic E-state index is 0.0321. The van der Waals surface area contributed by atoms with E-state index < -0.39 is 0 Å². The highest BCUT2D eigenvalue weighted by atomic mass is 16.2. The summed E-state index contributed by atoms with van der Waals surface area (Å²) in [5.41, 5.74) is 7.89. The maximum absolute atomic E-state index is 12.0. The third-order valence-corrected chi connectivity index (χ3v) is 3.40. The van der Waals surface area contributed by atoms with Crippen molar-refractivity contribution in [3.63, 3.8) is 0 Å². The van der Waals surface area contributed by atoms with E-state index >= 15 is 0 Å². The van der Waals surface area contributed by atoms with Gasteiger partial charge in [-0.3, -0.25) is 4.90 Å². The van der Waals surface area contributed by atoms with Gasteiger partial charge in [0.05, 0.1) is 6.04 Å². The summed E-state index contributed by atoms with van der Waals surface area (Å²) in [6.45, 7) is 3.30. The van der Waals surface area contributed by atoms with Crippen LogP contribution in [0.2, 0.25) is 0 Å². The van der Waals surface area contributed by atoms with Gasteiger partial charge < -0.3 is 10.6 Å². The number of carbonyl (C=O) groups is 1. The van der Waals surface area contributed by atoms with E-state index in [1.807, 2.05) is 12.1 Å². The summed E-state index contributed by atoms with van der Waals surface area (Å²) in [5.74, 6) is 0. The molecule has 0 aliphatic carbocycles. The van der Waals surface area contributed by atoms with E-state index in [-0.39, 0.29) is 12.1 Å². The van der Waals surface area contributed by atoms with E-state index in [9.17, 15) is 4.79 Å². The number of aryl methyl sites for hydroxylation is 1. The molecule has 4 heteroatoms. The molecule has 1 aromatic rings. The monoisotopic (exact) mass is 233 g/mol. The molecule has 0 saturated carbocycles. The van der Waals surface area contributed by atoms with Crippen LogP contribution in [0, 0.1) is 0 Å². The summed E-state index contributed by atoms with van der Waals surface area (Å²) in [5, 5.41) is 0. The zero-order valence-electron chi connectivity index (χ0n) is 10.4. The van der Waals surface area contributed by atoms with E-state index in [1.165, 1.54) is 5.56 Å². The first-order valence-corrected chi connectivity index (χ1v) is 6.00. The Morgan fingerprint density at radius 3 is 2.47 bits per heavy atom. The van der Waals surface area contributed by atoms with Crippen molar-refractivity contribution in [3.05, 3.63) is 29.8 Å². The molecule has 1 fully saturated rings. The van der Waals surface area contributed by atoms with Gasteiger partial charge in [-0.2, -0.15) is 0 Å². The molecule has 1 aliphatic rings. The summed E-state index contributed by atoms with van der Waals surface area (Å²) < 4.78 is 0. The first kappa shape index (κ1) is 11.9. The lowest BCUT2D eigenvalue weighted by Crippen LogP contribution is -2.35. The van der Waals surface area contributed by atoms with E-state index in [2.05, 4.69) is 19.1 Å². The van der Waals surface area contributed by atoms with Gasteiger partial charge in [0.15, 0.2) is 0 Å². The Labute approximate surface area is 102 Å².